The normalized spacial score (nSPS) is 11.5. The van der Waals surface area contributed by atoms with E-state index in [1.165, 1.54) is 22.8 Å². The first kappa shape index (κ1) is 22.6. The number of thiophene rings is 1. The summed E-state index contributed by atoms with van der Waals surface area (Å²) in [6.45, 7) is 2.55. The molecule has 1 aromatic carbocycles. The van der Waals surface area contributed by atoms with Gasteiger partial charge in [0.15, 0.2) is 5.16 Å². The third kappa shape index (κ3) is 6.20. The van der Waals surface area contributed by atoms with Gasteiger partial charge in [0.1, 0.15) is 23.2 Å². The van der Waals surface area contributed by atoms with Crippen LogP contribution in [0.4, 0.5) is 5.82 Å². The number of methoxy groups -OCH3 is 1. The molecule has 2 aromatic heterocycles. The Hall–Kier alpha value is -3.09. The van der Waals surface area contributed by atoms with Crippen molar-refractivity contribution >= 4 is 34.8 Å². The molecule has 0 spiro atoms. The second-order valence-electron chi connectivity index (χ2n) is 6.85. The second-order valence-corrected chi connectivity index (χ2v) is 8.83. The molecule has 0 aliphatic carbocycles. The molecule has 3 rings (SSSR count). The summed E-state index contributed by atoms with van der Waals surface area (Å²) in [4.78, 5) is 24.5. The van der Waals surface area contributed by atoms with Crippen molar-refractivity contribution in [1.82, 2.24) is 14.9 Å². The molecule has 0 saturated heterocycles. The van der Waals surface area contributed by atoms with Gasteiger partial charge in [0.25, 0.3) is 0 Å². The highest BCUT2D eigenvalue weighted by Gasteiger charge is 2.22. The van der Waals surface area contributed by atoms with Crippen molar-refractivity contribution in [3.8, 4) is 11.8 Å². The number of hydrogen-bond acceptors (Lipinski definition) is 8. The first-order valence-electron chi connectivity index (χ1n) is 9.60. The van der Waals surface area contributed by atoms with Gasteiger partial charge in [-0.25, -0.2) is 9.97 Å². The summed E-state index contributed by atoms with van der Waals surface area (Å²) < 4.78 is 5.23. The lowest BCUT2D eigenvalue weighted by Gasteiger charge is -2.29. The van der Waals surface area contributed by atoms with Crippen LogP contribution in [0.25, 0.3) is 0 Å². The topological polar surface area (TPSA) is 105 Å². The zero-order valence-electron chi connectivity index (χ0n) is 17.3. The second kappa shape index (κ2) is 10.8. The number of anilines is 1. The predicted octanol–water partition coefficient (Wildman–Crippen LogP) is 3.75. The van der Waals surface area contributed by atoms with Gasteiger partial charge >= 0.3 is 0 Å². The number of aromatic nitrogens is 2. The van der Waals surface area contributed by atoms with Crippen molar-refractivity contribution < 1.29 is 9.53 Å². The Morgan fingerprint density at radius 2 is 2.13 bits per heavy atom. The largest absolute Gasteiger partial charge is 0.497 e. The molecule has 1 atom stereocenters. The van der Waals surface area contributed by atoms with Crippen molar-refractivity contribution in [3.63, 3.8) is 0 Å². The summed E-state index contributed by atoms with van der Waals surface area (Å²) in [5, 5.41) is 11.4. The summed E-state index contributed by atoms with van der Waals surface area (Å²) in [6.07, 6.45) is 2.16. The van der Waals surface area contributed by atoms with Crippen LogP contribution in [-0.2, 0) is 17.8 Å². The van der Waals surface area contributed by atoms with Crippen LogP contribution in [0.2, 0.25) is 0 Å². The number of rotatable bonds is 9. The van der Waals surface area contributed by atoms with E-state index in [1.54, 1.807) is 18.4 Å². The van der Waals surface area contributed by atoms with E-state index in [0.29, 0.717) is 11.7 Å². The van der Waals surface area contributed by atoms with E-state index in [4.69, 9.17) is 15.7 Å². The monoisotopic (exact) mass is 453 g/mol. The number of nitriles is 1. The zero-order valence-corrected chi connectivity index (χ0v) is 18.9. The van der Waals surface area contributed by atoms with Gasteiger partial charge in [-0.15, -0.1) is 11.3 Å². The molecule has 2 N–H and O–H groups in total. The summed E-state index contributed by atoms with van der Waals surface area (Å²) in [7, 11) is 1.63. The van der Waals surface area contributed by atoms with Crippen LogP contribution in [0.1, 0.15) is 22.9 Å². The maximum Gasteiger partial charge on any atom is 0.233 e. The van der Waals surface area contributed by atoms with E-state index in [0.717, 1.165) is 17.7 Å². The summed E-state index contributed by atoms with van der Waals surface area (Å²) in [5.41, 5.74) is 7.00. The van der Waals surface area contributed by atoms with Crippen LogP contribution in [0, 0.1) is 11.3 Å². The van der Waals surface area contributed by atoms with E-state index in [-0.39, 0.29) is 29.1 Å². The number of benzene rings is 1. The van der Waals surface area contributed by atoms with Gasteiger partial charge in [-0.2, -0.15) is 5.26 Å². The molecule has 9 heteroatoms. The number of nitrogens with two attached hydrogens (primary N) is 1. The Morgan fingerprint density at radius 3 is 2.74 bits per heavy atom. The third-order valence-corrected chi connectivity index (χ3v) is 6.43. The van der Waals surface area contributed by atoms with Crippen LogP contribution in [0.5, 0.6) is 5.75 Å². The molecular formula is C22H23N5O2S2. The van der Waals surface area contributed by atoms with Crippen LogP contribution in [0.15, 0.2) is 53.1 Å². The van der Waals surface area contributed by atoms with Crippen molar-refractivity contribution in [2.75, 3.05) is 18.6 Å². The summed E-state index contributed by atoms with van der Waals surface area (Å²) >= 11 is 2.90. The molecule has 0 aliphatic heterocycles. The number of carbonyl (C=O) groups is 1. The number of nitrogens with zero attached hydrogens (tertiary/aromatic N) is 4. The van der Waals surface area contributed by atoms with E-state index in [2.05, 4.69) is 23.0 Å². The molecule has 0 bridgehead atoms. The van der Waals surface area contributed by atoms with E-state index in [1.807, 2.05) is 46.7 Å². The maximum absolute atomic E-state index is 13.2. The van der Waals surface area contributed by atoms with E-state index < -0.39 is 0 Å². The molecule has 0 unspecified atom stereocenters. The molecule has 1 amide bonds. The smallest absolute Gasteiger partial charge is 0.233 e. The maximum atomic E-state index is 13.2. The SMILES string of the molecule is COc1ccc(CN(C(=O)CSc2ncc(C#N)c(N)n2)[C@H](C)Cc2cccs2)cc1. The number of ether oxygens (including phenoxy) is 1. The number of nitrogen functional groups attached to an aromatic ring is 1. The van der Waals surface area contributed by atoms with Crippen molar-refractivity contribution in [1.29, 1.82) is 5.26 Å². The van der Waals surface area contributed by atoms with Crippen LogP contribution >= 0.6 is 23.1 Å². The first-order chi connectivity index (χ1) is 15.0. The average Bonchev–Trinajstić information content (AvgIpc) is 3.29. The fraction of sp³-hybridized carbons (Fsp3) is 0.273. The number of carbonyl (C=O) groups excluding carboxylic acids is 1. The summed E-state index contributed by atoms with van der Waals surface area (Å²) in [5.74, 6) is 1.06. The molecular weight excluding hydrogens is 430 g/mol. The van der Waals surface area contributed by atoms with Gasteiger partial charge in [0, 0.05) is 23.9 Å². The quantitative estimate of drug-likeness (QED) is 0.388. The fourth-order valence-corrected chi connectivity index (χ4v) is 4.53. The molecule has 0 aliphatic rings. The van der Waals surface area contributed by atoms with Crippen LogP contribution in [0.3, 0.4) is 0 Å². The third-order valence-electron chi connectivity index (χ3n) is 4.68. The lowest BCUT2D eigenvalue weighted by atomic mass is 10.1. The van der Waals surface area contributed by atoms with Crippen LogP contribution in [-0.4, -0.2) is 39.7 Å². The highest BCUT2D eigenvalue weighted by atomic mass is 32.2. The Labute approximate surface area is 189 Å². The summed E-state index contributed by atoms with van der Waals surface area (Å²) in [6, 6.07) is 13.8. The number of hydrogen-bond donors (Lipinski definition) is 1. The fourth-order valence-electron chi connectivity index (χ4n) is 2.99. The lowest BCUT2D eigenvalue weighted by Crippen LogP contribution is -2.40. The van der Waals surface area contributed by atoms with E-state index >= 15 is 0 Å². The van der Waals surface area contributed by atoms with E-state index in [9.17, 15) is 4.79 Å². The molecule has 160 valence electrons. The minimum absolute atomic E-state index is 0.0146. The van der Waals surface area contributed by atoms with Crippen molar-refractivity contribution in [2.45, 2.75) is 31.1 Å². The minimum atomic E-state index is -0.0172. The van der Waals surface area contributed by atoms with Crippen LogP contribution < -0.4 is 10.5 Å². The number of amides is 1. The highest BCUT2D eigenvalue weighted by molar-refractivity contribution is 7.99. The Kier molecular flexibility index (Phi) is 7.87. The molecule has 2 heterocycles. The average molecular weight is 454 g/mol. The van der Waals surface area contributed by atoms with Crippen molar-refractivity contribution in [2.24, 2.45) is 0 Å². The molecule has 31 heavy (non-hydrogen) atoms. The first-order valence-corrected chi connectivity index (χ1v) is 11.5. The molecule has 0 radical (unpaired) electrons. The van der Waals surface area contributed by atoms with Gasteiger partial charge in [0.05, 0.1) is 19.1 Å². The lowest BCUT2D eigenvalue weighted by molar-refractivity contribution is -0.131. The van der Waals surface area contributed by atoms with Gasteiger partial charge < -0.3 is 15.4 Å². The van der Waals surface area contributed by atoms with Gasteiger partial charge in [-0.3, -0.25) is 4.79 Å². The molecule has 0 saturated carbocycles. The Bertz CT molecular complexity index is 1050. The molecule has 7 nitrogen and oxygen atoms in total. The molecule has 0 fully saturated rings. The standard InChI is InChI=1S/C22H23N5O2S2/c1-15(10-19-4-3-9-30-19)27(13-16-5-7-18(29-2)8-6-16)20(28)14-31-22-25-12-17(11-23)21(24)26-22/h3-9,12,15H,10,13-14H2,1-2H3,(H2,24,25,26)/t15-/m1/s1. The highest BCUT2D eigenvalue weighted by Crippen LogP contribution is 2.21. The molecule has 3 aromatic rings. The predicted molar refractivity (Wildman–Crippen MR) is 123 cm³/mol. The van der Waals surface area contributed by atoms with Crippen molar-refractivity contribution in [3.05, 3.63) is 64.0 Å². The Morgan fingerprint density at radius 1 is 1.35 bits per heavy atom. The Balaban J connectivity index is 1.72. The zero-order chi connectivity index (χ0) is 22.2. The van der Waals surface area contributed by atoms with Gasteiger partial charge in [0.2, 0.25) is 5.91 Å². The van der Waals surface area contributed by atoms with Gasteiger partial charge in [-0.1, -0.05) is 30.0 Å². The number of thioether (sulfide) groups is 1. The minimum Gasteiger partial charge on any atom is -0.497 e. The van der Waals surface area contributed by atoms with Gasteiger partial charge in [-0.05, 0) is 36.1 Å².